The van der Waals surface area contributed by atoms with E-state index in [-0.39, 0.29) is 5.91 Å². The van der Waals surface area contributed by atoms with Crippen molar-refractivity contribution in [2.45, 2.75) is 25.4 Å². The Hall–Kier alpha value is -3.25. The van der Waals surface area contributed by atoms with Crippen molar-refractivity contribution in [2.24, 2.45) is 17.8 Å². The van der Waals surface area contributed by atoms with Crippen LogP contribution in [0.25, 0.3) is 0 Å². The first-order valence-corrected chi connectivity index (χ1v) is 12.0. The Kier molecular flexibility index (Phi) is 5.30. The van der Waals surface area contributed by atoms with E-state index in [9.17, 15) is 4.79 Å². The number of amides is 1. The molecule has 1 amide bonds. The molecule has 3 aromatic rings. The molecule has 1 aromatic heterocycles. The Morgan fingerprint density at radius 2 is 1.73 bits per heavy atom. The highest BCUT2D eigenvalue weighted by Crippen LogP contribution is 2.47. The molecule has 168 valence electrons. The van der Waals surface area contributed by atoms with Crippen molar-refractivity contribution in [3.05, 3.63) is 84.2 Å². The molecule has 0 radical (unpaired) electrons. The van der Waals surface area contributed by atoms with Gasteiger partial charge in [0.25, 0.3) is 5.91 Å². The SMILES string of the molecule is O=C(c1cccc(Nc2ncccn2)c1)N1CC2CCC1C1CN(Cc3ccccc3)CC21. The first kappa shape index (κ1) is 20.4. The zero-order valence-electron chi connectivity index (χ0n) is 18.7. The Morgan fingerprint density at radius 1 is 0.909 bits per heavy atom. The van der Waals surface area contributed by atoms with Gasteiger partial charge in [0.2, 0.25) is 5.95 Å². The van der Waals surface area contributed by atoms with Crippen LogP contribution in [0, 0.1) is 17.8 Å². The van der Waals surface area contributed by atoms with Crippen LogP contribution in [0.15, 0.2) is 73.1 Å². The molecular formula is C27H29N5O. The lowest BCUT2D eigenvalue weighted by Gasteiger charge is -2.52. The molecular weight excluding hydrogens is 410 g/mol. The minimum atomic E-state index is 0.155. The lowest BCUT2D eigenvalue weighted by molar-refractivity contribution is -0.0144. The van der Waals surface area contributed by atoms with Crippen molar-refractivity contribution in [3.8, 4) is 0 Å². The van der Waals surface area contributed by atoms with Gasteiger partial charge in [-0.15, -0.1) is 0 Å². The average molecular weight is 440 g/mol. The molecule has 1 saturated carbocycles. The predicted molar refractivity (Wildman–Crippen MR) is 128 cm³/mol. The molecule has 1 N–H and O–H groups in total. The molecule has 0 spiro atoms. The molecule has 2 bridgehead atoms. The topological polar surface area (TPSA) is 61.4 Å². The third kappa shape index (κ3) is 4.00. The molecule has 7 rings (SSSR count). The zero-order valence-corrected chi connectivity index (χ0v) is 18.7. The minimum absolute atomic E-state index is 0.155. The Labute approximate surface area is 194 Å². The zero-order chi connectivity index (χ0) is 22.2. The molecule has 6 nitrogen and oxygen atoms in total. The van der Waals surface area contributed by atoms with Gasteiger partial charge in [0, 0.05) is 55.9 Å². The van der Waals surface area contributed by atoms with E-state index in [0.29, 0.717) is 23.8 Å². The van der Waals surface area contributed by atoms with Crippen LogP contribution in [-0.4, -0.2) is 51.4 Å². The maximum Gasteiger partial charge on any atom is 0.254 e. The first-order chi connectivity index (χ1) is 16.2. The van der Waals surface area contributed by atoms with E-state index >= 15 is 0 Å². The maximum atomic E-state index is 13.6. The highest BCUT2D eigenvalue weighted by molar-refractivity contribution is 5.95. The number of fused-ring (bicyclic) bond motifs is 2. The van der Waals surface area contributed by atoms with E-state index in [4.69, 9.17) is 0 Å². The highest BCUT2D eigenvalue weighted by Gasteiger charge is 2.52. The van der Waals surface area contributed by atoms with Crippen molar-refractivity contribution < 1.29 is 4.79 Å². The average Bonchev–Trinajstić information content (AvgIpc) is 3.31. The van der Waals surface area contributed by atoms with Gasteiger partial charge in [0.15, 0.2) is 0 Å². The van der Waals surface area contributed by atoms with Gasteiger partial charge < -0.3 is 10.2 Å². The number of carbonyl (C=O) groups excluding carboxylic acids is 1. The molecule has 4 atom stereocenters. The fourth-order valence-corrected chi connectivity index (χ4v) is 6.25. The highest BCUT2D eigenvalue weighted by atomic mass is 16.2. The molecule has 3 saturated heterocycles. The Balaban J connectivity index is 1.17. The molecule has 4 unspecified atom stereocenters. The second kappa shape index (κ2) is 8.60. The van der Waals surface area contributed by atoms with Crippen LogP contribution in [0.1, 0.15) is 28.8 Å². The van der Waals surface area contributed by atoms with Crippen molar-refractivity contribution in [3.63, 3.8) is 0 Å². The van der Waals surface area contributed by atoms with Crippen LogP contribution in [-0.2, 0) is 6.54 Å². The van der Waals surface area contributed by atoms with Crippen LogP contribution >= 0.6 is 0 Å². The second-order valence-corrected chi connectivity index (χ2v) is 9.65. The number of aromatic nitrogens is 2. The van der Waals surface area contributed by atoms with Crippen molar-refractivity contribution in [1.29, 1.82) is 0 Å². The van der Waals surface area contributed by atoms with E-state index in [0.717, 1.165) is 43.2 Å². The summed E-state index contributed by atoms with van der Waals surface area (Å²) in [5.41, 5.74) is 2.95. The number of carbonyl (C=O) groups is 1. The number of nitrogens with one attached hydrogen (secondary N) is 1. The van der Waals surface area contributed by atoms with E-state index in [1.54, 1.807) is 18.5 Å². The Morgan fingerprint density at radius 3 is 2.58 bits per heavy atom. The number of likely N-dealkylation sites (tertiary alicyclic amines) is 1. The monoisotopic (exact) mass is 439 g/mol. The van der Waals surface area contributed by atoms with E-state index in [2.05, 4.69) is 55.4 Å². The molecule has 4 heterocycles. The molecule has 2 aromatic carbocycles. The van der Waals surface area contributed by atoms with E-state index in [1.165, 1.54) is 18.5 Å². The van der Waals surface area contributed by atoms with Gasteiger partial charge in [0.1, 0.15) is 0 Å². The molecule has 3 aliphatic heterocycles. The summed E-state index contributed by atoms with van der Waals surface area (Å²) in [7, 11) is 0. The summed E-state index contributed by atoms with van der Waals surface area (Å²) in [4.78, 5) is 26.8. The van der Waals surface area contributed by atoms with Crippen LogP contribution in [0.4, 0.5) is 11.6 Å². The number of hydrogen-bond acceptors (Lipinski definition) is 5. The summed E-state index contributed by atoms with van der Waals surface area (Å²) >= 11 is 0. The molecule has 4 aliphatic rings. The van der Waals surface area contributed by atoms with Crippen LogP contribution in [0.5, 0.6) is 0 Å². The van der Waals surface area contributed by atoms with Gasteiger partial charge in [-0.2, -0.15) is 0 Å². The van der Waals surface area contributed by atoms with Crippen molar-refractivity contribution in [1.82, 2.24) is 19.8 Å². The summed E-state index contributed by atoms with van der Waals surface area (Å²) in [6, 6.07) is 20.6. The quantitative estimate of drug-likeness (QED) is 0.646. The standard InChI is InChI=1S/C27H29N5O/c33-26(20-8-4-9-22(14-20)30-27-28-12-5-13-29-27)32-16-21-10-11-25(32)24-18-31(17-23(21)24)15-19-6-2-1-3-7-19/h1-9,12-14,21,23-25H,10-11,15-18H2,(H,28,29,30). The second-order valence-electron chi connectivity index (χ2n) is 9.65. The molecule has 1 aliphatic carbocycles. The Bertz CT molecular complexity index is 1120. The molecule has 6 heteroatoms. The summed E-state index contributed by atoms with van der Waals surface area (Å²) in [5.74, 6) is 2.61. The number of rotatable bonds is 5. The fraction of sp³-hybridized carbons (Fsp3) is 0.370. The largest absolute Gasteiger partial charge is 0.335 e. The number of benzene rings is 2. The summed E-state index contributed by atoms with van der Waals surface area (Å²) in [5, 5.41) is 3.20. The smallest absolute Gasteiger partial charge is 0.254 e. The number of hydrogen-bond donors (Lipinski definition) is 1. The number of anilines is 2. The van der Waals surface area contributed by atoms with Crippen molar-refractivity contribution in [2.75, 3.05) is 25.0 Å². The maximum absolute atomic E-state index is 13.6. The number of piperidine rings is 2. The van der Waals surface area contributed by atoms with Gasteiger partial charge in [-0.1, -0.05) is 36.4 Å². The van der Waals surface area contributed by atoms with Crippen LogP contribution in [0.3, 0.4) is 0 Å². The third-order valence-corrected chi connectivity index (χ3v) is 7.69. The lowest BCUT2D eigenvalue weighted by Crippen LogP contribution is -2.59. The fourth-order valence-electron chi connectivity index (χ4n) is 6.25. The normalized spacial score (nSPS) is 26.2. The van der Waals surface area contributed by atoms with Gasteiger partial charge in [-0.25, -0.2) is 9.97 Å². The van der Waals surface area contributed by atoms with Crippen LogP contribution < -0.4 is 5.32 Å². The summed E-state index contributed by atoms with van der Waals surface area (Å²) in [6.07, 6.45) is 5.79. The minimum Gasteiger partial charge on any atom is -0.335 e. The molecule has 4 fully saturated rings. The summed E-state index contributed by atoms with van der Waals surface area (Å²) in [6.45, 7) is 4.16. The summed E-state index contributed by atoms with van der Waals surface area (Å²) < 4.78 is 0. The van der Waals surface area contributed by atoms with Crippen molar-refractivity contribution >= 4 is 17.5 Å². The van der Waals surface area contributed by atoms with Crippen LogP contribution in [0.2, 0.25) is 0 Å². The third-order valence-electron chi connectivity index (χ3n) is 7.69. The molecule has 33 heavy (non-hydrogen) atoms. The van der Waals surface area contributed by atoms with E-state index < -0.39 is 0 Å². The first-order valence-electron chi connectivity index (χ1n) is 12.0. The lowest BCUT2D eigenvalue weighted by atomic mass is 9.66. The predicted octanol–water partition coefficient (Wildman–Crippen LogP) is 4.20. The van der Waals surface area contributed by atoms with Gasteiger partial charge >= 0.3 is 0 Å². The number of nitrogens with zero attached hydrogens (tertiary/aromatic N) is 4. The van der Waals surface area contributed by atoms with Gasteiger partial charge in [-0.05, 0) is 60.4 Å². The van der Waals surface area contributed by atoms with Gasteiger partial charge in [-0.3, -0.25) is 9.69 Å². The van der Waals surface area contributed by atoms with E-state index in [1.807, 2.05) is 24.3 Å². The van der Waals surface area contributed by atoms with Gasteiger partial charge in [0.05, 0.1) is 0 Å².